The summed E-state index contributed by atoms with van der Waals surface area (Å²) in [6, 6.07) is 8.70. The van der Waals surface area contributed by atoms with Crippen LogP contribution in [0.25, 0.3) is 0 Å². The molecular weight excluding hydrogens is 443 g/mol. The number of hydrogen-bond donors (Lipinski definition) is 2. The number of amides is 1. The third-order valence-corrected chi connectivity index (χ3v) is 4.55. The number of nitrogens with zero attached hydrogens (tertiary/aromatic N) is 2. The summed E-state index contributed by atoms with van der Waals surface area (Å²) in [4.78, 5) is 18.6. The number of carbonyl (C=O) groups is 1. The maximum Gasteiger partial charge on any atom is 0.242 e. The minimum atomic E-state index is 0. The van der Waals surface area contributed by atoms with Gasteiger partial charge < -0.3 is 20.3 Å². The van der Waals surface area contributed by atoms with Gasteiger partial charge >= 0.3 is 0 Å². The van der Waals surface area contributed by atoms with Crippen molar-refractivity contribution in [1.29, 1.82) is 0 Å². The molecule has 1 aliphatic heterocycles. The fraction of sp³-hybridized carbons (Fsp3) is 0.579. The van der Waals surface area contributed by atoms with Crippen LogP contribution >= 0.6 is 24.0 Å². The highest BCUT2D eigenvalue weighted by Gasteiger charge is 2.26. The number of guanidine groups is 1. The Kier molecular flexibility index (Phi) is 8.15. The van der Waals surface area contributed by atoms with Gasteiger partial charge in [-0.05, 0) is 37.8 Å². The smallest absolute Gasteiger partial charge is 0.242 e. The highest BCUT2D eigenvalue weighted by Crippen LogP contribution is 2.25. The SMILES string of the molecule is CCNC(=NCC(=O)NC1CC1)N1CCOC(c2ccccc2C)C1.I. The van der Waals surface area contributed by atoms with E-state index in [0.717, 1.165) is 38.4 Å². The van der Waals surface area contributed by atoms with Gasteiger partial charge in [0.1, 0.15) is 12.6 Å². The zero-order valence-electron chi connectivity index (χ0n) is 15.5. The zero-order valence-corrected chi connectivity index (χ0v) is 17.9. The van der Waals surface area contributed by atoms with Gasteiger partial charge in [0.05, 0.1) is 13.2 Å². The van der Waals surface area contributed by atoms with Crippen LogP contribution in [0.1, 0.15) is 37.0 Å². The quantitative estimate of drug-likeness (QED) is 0.392. The van der Waals surface area contributed by atoms with Crippen molar-refractivity contribution in [2.24, 2.45) is 4.99 Å². The number of aliphatic imine (C=N–C) groups is 1. The second kappa shape index (κ2) is 10.1. The first kappa shape index (κ1) is 21.0. The first-order valence-electron chi connectivity index (χ1n) is 9.17. The molecule has 1 aromatic rings. The average Bonchev–Trinajstić information content (AvgIpc) is 3.43. The number of hydrogen-bond acceptors (Lipinski definition) is 3. The molecular formula is C19H29IN4O2. The van der Waals surface area contributed by atoms with Crippen molar-refractivity contribution in [1.82, 2.24) is 15.5 Å². The Labute approximate surface area is 172 Å². The van der Waals surface area contributed by atoms with Crippen LogP contribution < -0.4 is 10.6 Å². The first-order chi connectivity index (χ1) is 12.2. The molecule has 144 valence electrons. The van der Waals surface area contributed by atoms with E-state index in [-0.39, 0.29) is 42.5 Å². The van der Waals surface area contributed by atoms with Crippen LogP contribution in [0, 0.1) is 6.92 Å². The summed E-state index contributed by atoms with van der Waals surface area (Å²) in [5.41, 5.74) is 2.45. The molecule has 1 heterocycles. The van der Waals surface area contributed by atoms with Gasteiger partial charge in [0.15, 0.2) is 5.96 Å². The van der Waals surface area contributed by atoms with Crippen molar-refractivity contribution < 1.29 is 9.53 Å². The van der Waals surface area contributed by atoms with Crippen molar-refractivity contribution in [2.75, 3.05) is 32.8 Å². The molecule has 1 saturated carbocycles. The molecule has 6 nitrogen and oxygen atoms in total. The fourth-order valence-electron chi connectivity index (χ4n) is 3.05. The van der Waals surface area contributed by atoms with Crippen molar-refractivity contribution in [3.63, 3.8) is 0 Å². The summed E-state index contributed by atoms with van der Waals surface area (Å²) in [5.74, 6) is 0.789. The lowest BCUT2D eigenvalue weighted by molar-refractivity contribution is -0.119. The summed E-state index contributed by atoms with van der Waals surface area (Å²) in [6.07, 6.45) is 2.22. The maximum atomic E-state index is 11.9. The van der Waals surface area contributed by atoms with Crippen molar-refractivity contribution in [3.8, 4) is 0 Å². The van der Waals surface area contributed by atoms with Crippen molar-refractivity contribution in [2.45, 2.75) is 38.8 Å². The van der Waals surface area contributed by atoms with Crippen molar-refractivity contribution in [3.05, 3.63) is 35.4 Å². The molecule has 0 bridgehead atoms. The van der Waals surface area contributed by atoms with Gasteiger partial charge in [-0.2, -0.15) is 0 Å². The van der Waals surface area contributed by atoms with E-state index in [1.54, 1.807) is 0 Å². The molecule has 7 heteroatoms. The molecule has 26 heavy (non-hydrogen) atoms. The molecule has 1 unspecified atom stereocenters. The van der Waals surface area contributed by atoms with Crippen LogP contribution in [0.15, 0.2) is 29.3 Å². The van der Waals surface area contributed by atoms with Gasteiger partial charge in [0, 0.05) is 19.1 Å². The van der Waals surface area contributed by atoms with Gasteiger partial charge in [-0.1, -0.05) is 24.3 Å². The molecule has 2 aliphatic rings. The van der Waals surface area contributed by atoms with E-state index in [2.05, 4.69) is 39.6 Å². The molecule has 2 N–H and O–H groups in total. The molecule has 3 rings (SSSR count). The van der Waals surface area contributed by atoms with Gasteiger partial charge in [0.25, 0.3) is 0 Å². The lowest BCUT2D eigenvalue weighted by Crippen LogP contribution is -2.48. The molecule has 1 atom stereocenters. The van der Waals surface area contributed by atoms with E-state index in [0.29, 0.717) is 12.6 Å². The molecule has 1 amide bonds. The second-order valence-corrected chi connectivity index (χ2v) is 6.67. The average molecular weight is 472 g/mol. The minimum absolute atomic E-state index is 0. The lowest BCUT2D eigenvalue weighted by Gasteiger charge is -2.35. The monoisotopic (exact) mass is 472 g/mol. The Balaban J connectivity index is 0.00000243. The summed E-state index contributed by atoms with van der Waals surface area (Å²) >= 11 is 0. The van der Waals surface area contributed by atoms with E-state index in [9.17, 15) is 4.79 Å². The van der Waals surface area contributed by atoms with Crippen LogP contribution in [-0.4, -0.2) is 55.6 Å². The number of carbonyl (C=O) groups excluding carboxylic acids is 1. The first-order valence-corrected chi connectivity index (χ1v) is 9.17. The number of morpholine rings is 1. The largest absolute Gasteiger partial charge is 0.370 e. The number of nitrogens with one attached hydrogen (secondary N) is 2. The van der Waals surface area contributed by atoms with Crippen LogP contribution in [0.4, 0.5) is 0 Å². The maximum absolute atomic E-state index is 11.9. The summed E-state index contributed by atoms with van der Waals surface area (Å²) < 4.78 is 5.99. The Morgan fingerprint density at radius 3 is 2.81 bits per heavy atom. The van der Waals surface area contributed by atoms with Crippen LogP contribution in [0.3, 0.4) is 0 Å². The number of aryl methyl sites for hydroxylation is 1. The third kappa shape index (κ3) is 5.84. The van der Waals surface area contributed by atoms with Crippen LogP contribution in [0.5, 0.6) is 0 Å². The predicted octanol–water partition coefficient (Wildman–Crippen LogP) is 2.23. The zero-order chi connectivity index (χ0) is 17.6. The molecule has 0 radical (unpaired) electrons. The number of ether oxygens (including phenoxy) is 1. The number of benzene rings is 1. The molecule has 0 aromatic heterocycles. The highest BCUT2D eigenvalue weighted by atomic mass is 127. The molecule has 1 aromatic carbocycles. The van der Waals surface area contributed by atoms with E-state index < -0.39 is 0 Å². The van der Waals surface area contributed by atoms with Gasteiger partial charge in [0.2, 0.25) is 5.91 Å². The van der Waals surface area contributed by atoms with E-state index >= 15 is 0 Å². The standard InChI is InChI=1S/C19H28N4O2.HI/c1-3-20-19(21-12-18(24)22-15-8-9-15)23-10-11-25-17(13-23)16-7-5-4-6-14(16)2;/h4-7,15,17H,3,8-13H2,1-2H3,(H,20,21)(H,22,24);1H. The topological polar surface area (TPSA) is 66.0 Å². The van der Waals surface area contributed by atoms with E-state index in [1.807, 2.05) is 19.1 Å². The summed E-state index contributed by atoms with van der Waals surface area (Å²) in [6.45, 7) is 7.26. The highest BCUT2D eigenvalue weighted by molar-refractivity contribution is 14.0. The minimum Gasteiger partial charge on any atom is -0.370 e. The van der Waals surface area contributed by atoms with Crippen LogP contribution in [0.2, 0.25) is 0 Å². The van der Waals surface area contributed by atoms with Gasteiger partial charge in [-0.15, -0.1) is 24.0 Å². The Morgan fingerprint density at radius 1 is 1.35 bits per heavy atom. The Hall–Kier alpha value is -1.35. The number of rotatable bonds is 5. The van der Waals surface area contributed by atoms with E-state index in [1.165, 1.54) is 11.1 Å². The fourth-order valence-corrected chi connectivity index (χ4v) is 3.05. The molecule has 0 spiro atoms. The van der Waals surface area contributed by atoms with Crippen molar-refractivity contribution >= 4 is 35.8 Å². The normalized spacial score (nSPS) is 20.3. The molecule has 1 saturated heterocycles. The van der Waals surface area contributed by atoms with Crippen LogP contribution in [-0.2, 0) is 9.53 Å². The molecule has 1 aliphatic carbocycles. The summed E-state index contributed by atoms with van der Waals surface area (Å²) in [7, 11) is 0. The Morgan fingerprint density at radius 2 is 2.12 bits per heavy atom. The van der Waals surface area contributed by atoms with Gasteiger partial charge in [-0.3, -0.25) is 4.79 Å². The molecule has 2 fully saturated rings. The van der Waals surface area contributed by atoms with Gasteiger partial charge in [-0.25, -0.2) is 4.99 Å². The Bertz CT molecular complexity index is 634. The predicted molar refractivity (Wildman–Crippen MR) is 114 cm³/mol. The third-order valence-electron chi connectivity index (χ3n) is 4.55. The summed E-state index contributed by atoms with van der Waals surface area (Å²) in [5, 5.41) is 6.28. The second-order valence-electron chi connectivity index (χ2n) is 6.67. The lowest BCUT2D eigenvalue weighted by atomic mass is 10.0. The van der Waals surface area contributed by atoms with E-state index in [4.69, 9.17) is 4.74 Å². The number of halogens is 1.